The third-order valence-electron chi connectivity index (χ3n) is 1.31. The van der Waals surface area contributed by atoms with Crippen LogP contribution >= 0.6 is 27.7 Å². The third-order valence-corrected chi connectivity index (χ3v) is 2.64. The standard InChI is InChI=1S/C7H8BrN3O2S/c1-2-14-7-9-3-4(8)5(10-7)6(12)11-13/h3,13H,2H2,1H3,(H,11,12). The number of nitrogens with zero attached hydrogens (tertiary/aromatic N) is 2. The van der Waals surface area contributed by atoms with Gasteiger partial charge in [-0.25, -0.2) is 15.4 Å². The Morgan fingerprint density at radius 2 is 2.50 bits per heavy atom. The summed E-state index contributed by atoms with van der Waals surface area (Å²) < 4.78 is 0.449. The van der Waals surface area contributed by atoms with Gasteiger partial charge in [0.2, 0.25) is 0 Å². The normalized spacial score (nSPS) is 9.93. The van der Waals surface area contributed by atoms with Gasteiger partial charge in [-0.05, 0) is 21.7 Å². The van der Waals surface area contributed by atoms with E-state index in [1.165, 1.54) is 23.4 Å². The number of nitrogens with one attached hydrogen (secondary N) is 1. The number of aromatic nitrogens is 2. The highest BCUT2D eigenvalue weighted by Gasteiger charge is 2.12. The second kappa shape index (κ2) is 5.28. The number of carbonyl (C=O) groups is 1. The molecule has 1 heterocycles. The highest BCUT2D eigenvalue weighted by molar-refractivity contribution is 9.10. The molecule has 0 spiro atoms. The number of carbonyl (C=O) groups excluding carboxylic acids is 1. The first-order valence-electron chi connectivity index (χ1n) is 3.78. The van der Waals surface area contributed by atoms with Crippen molar-refractivity contribution in [3.63, 3.8) is 0 Å². The van der Waals surface area contributed by atoms with Gasteiger partial charge in [0, 0.05) is 6.20 Å². The third kappa shape index (κ3) is 2.66. The van der Waals surface area contributed by atoms with Gasteiger partial charge in [-0.15, -0.1) is 0 Å². The van der Waals surface area contributed by atoms with Crippen molar-refractivity contribution in [1.29, 1.82) is 0 Å². The van der Waals surface area contributed by atoms with Gasteiger partial charge in [0.1, 0.15) is 5.69 Å². The summed E-state index contributed by atoms with van der Waals surface area (Å²) in [6, 6.07) is 0. The van der Waals surface area contributed by atoms with E-state index in [0.29, 0.717) is 9.63 Å². The van der Waals surface area contributed by atoms with Gasteiger partial charge in [0.25, 0.3) is 5.91 Å². The Balaban J connectivity index is 3.01. The lowest BCUT2D eigenvalue weighted by Gasteiger charge is -2.02. The number of thioether (sulfide) groups is 1. The van der Waals surface area contributed by atoms with Crippen molar-refractivity contribution in [3.8, 4) is 0 Å². The number of hydrogen-bond acceptors (Lipinski definition) is 5. The zero-order valence-electron chi connectivity index (χ0n) is 7.32. The van der Waals surface area contributed by atoms with Gasteiger partial charge < -0.3 is 0 Å². The molecule has 76 valence electrons. The quantitative estimate of drug-likeness (QED) is 0.379. The van der Waals surface area contributed by atoms with Crippen molar-refractivity contribution >= 4 is 33.6 Å². The van der Waals surface area contributed by atoms with Crippen molar-refractivity contribution in [1.82, 2.24) is 15.4 Å². The van der Waals surface area contributed by atoms with Crippen molar-refractivity contribution in [2.45, 2.75) is 12.1 Å². The Bertz CT molecular complexity index is 348. The topological polar surface area (TPSA) is 75.1 Å². The van der Waals surface area contributed by atoms with E-state index in [1.807, 2.05) is 6.92 Å². The molecule has 1 aromatic rings. The van der Waals surface area contributed by atoms with Crippen LogP contribution in [0.5, 0.6) is 0 Å². The molecule has 0 fully saturated rings. The van der Waals surface area contributed by atoms with Crippen LogP contribution in [0.15, 0.2) is 15.8 Å². The summed E-state index contributed by atoms with van der Waals surface area (Å²) in [5.74, 6) is 0.166. The van der Waals surface area contributed by atoms with Crippen molar-refractivity contribution < 1.29 is 10.0 Å². The maximum absolute atomic E-state index is 11.1. The predicted octanol–water partition coefficient (Wildman–Crippen LogP) is 1.47. The van der Waals surface area contributed by atoms with Gasteiger partial charge in [-0.2, -0.15) is 0 Å². The van der Waals surface area contributed by atoms with Crippen molar-refractivity contribution in [2.24, 2.45) is 0 Å². The van der Waals surface area contributed by atoms with E-state index in [0.717, 1.165) is 5.75 Å². The Labute approximate surface area is 93.4 Å². The summed E-state index contributed by atoms with van der Waals surface area (Å²) >= 11 is 4.54. The smallest absolute Gasteiger partial charge is 0.288 e. The monoisotopic (exact) mass is 277 g/mol. The molecule has 0 saturated heterocycles. The van der Waals surface area contributed by atoms with Crippen LogP contribution in [0.25, 0.3) is 0 Å². The SMILES string of the molecule is CCSc1ncc(Br)c(C(=O)NO)n1. The molecule has 1 rings (SSSR count). The van der Waals surface area contributed by atoms with E-state index >= 15 is 0 Å². The Hall–Kier alpha value is -0.660. The van der Waals surface area contributed by atoms with Crippen molar-refractivity contribution in [3.05, 3.63) is 16.4 Å². The summed E-state index contributed by atoms with van der Waals surface area (Å²) in [7, 11) is 0. The number of hydroxylamine groups is 1. The fraction of sp³-hybridized carbons (Fsp3) is 0.286. The summed E-state index contributed by atoms with van der Waals surface area (Å²) in [4.78, 5) is 19.1. The Morgan fingerprint density at radius 3 is 3.07 bits per heavy atom. The van der Waals surface area contributed by atoms with Crippen LogP contribution in [0.4, 0.5) is 0 Å². The number of rotatable bonds is 3. The molecule has 0 aliphatic rings. The van der Waals surface area contributed by atoms with Crippen molar-refractivity contribution in [2.75, 3.05) is 5.75 Å². The van der Waals surface area contributed by atoms with E-state index in [2.05, 4.69) is 25.9 Å². The average Bonchev–Trinajstić information content (AvgIpc) is 2.20. The van der Waals surface area contributed by atoms with Crippen LogP contribution in [-0.2, 0) is 0 Å². The zero-order chi connectivity index (χ0) is 10.6. The molecule has 14 heavy (non-hydrogen) atoms. The highest BCUT2D eigenvalue weighted by Crippen LogP contribution is 2.18. The molecule has 0 saturated carbocycles. The van der Waals surface area contributed by atoms with Crippen LogP contribution in [0.2, 0.25) is 0 Å². The molecule has 1 aromatic heterocycles. The molecule has 5 nitrogen and oxygen atoms in total. The molecule has 0 aliphatic heterocycles. The van der Waals surface area contributed by atoms with Gasteiger partial charge in [0.15, 0.2) is 5.16 Å². The molecule has 2 N–H and O–H groups in total. The number of hydrogen-bond donors (Lipinski definition) is 2. The van der Waals surface area contributed by atoms with Crippen LogP contribution in [-0.4, -0.2) is 26.8 Å². The molecular formula is C7H8BrN3O2S. The largest absolute Gasteiger partial charge is 0.294 e. The first-order valence-corrected chi connectivity index (χ1v) is 5.56. The summed E-state index contributed by atoms with van der Waals surface area (Å²) in [6.45, 7) is 1.96. The minimum Gasteiger partial charge on any atom is -0.288 e. The lowest BCUT2D eigenvalue weighted by molar-refractivity contribution is 0.0698. The second-order valence-electron chi connectivity index (χ2n) is 2.22. The lowest BCUT2D eigenvalue weighted by Crippen LogP contribution is -2.21. The Morgan fingerprint density at radius 1 is 1.79 bits per heavy atom. The second-order valence-corrected chi connectivity index (χ2v) is 4.31. The fourth-order valence-electron chi connectivity index (χ4n) is 0.762. The zero-order valence-corrected chi connectivity index (χ0v) is 9.72. The van der Waals surface area contributed by atoms with Crippen LogP contribution in [0, 0.1) is 0 Å². The molecule has 0 bridgehead atoms. The van der Waals surface area contributed by atoms with Gasteiger partial charge in [-0.3, -0.25) is 10.0 Å². The van der Waals surface area contributed by atoms with E-state index < -0.39 is 5.91 Å². The fourth-order valence-corrected chi connectivity index (χ4v) is 1.67. The summed E-state index contributed by atoms with van der Waals surface area (Å²) in [5, 5.41) is 8.95. The van der Waals surface area contributed by atoms with E-state index in [9.17, 15) is 4.79 Å². The van der Waals surface area contributed by atoms with Gasteiger partial charge in [-0.1, -0.05) is 18.7 Å². The number of amides is 1. The highest BCUT2D eigenvalue weighted by atomic mass is 79.9. The molecule has 0 unspecified atom stereocenters. The summed E-state index contributed by atoms with van der Waals surface area (Å²) in [5.41, 5.74) is 1.65. The minimum absolute atomic E-state index is 0.124. The van der Waals surface area contributed by atoms with Gasteiger partial charge >= 0.3 is 0 Å². The first-order chi connectivity index (χ1) is 6.69. The number of halogens is 1. The van der Waals surface area contributed by atoms with E-state index in [-0.39, 0.29) is 5.69 Å². The average molecular weight is 278 g/mol. The molecule has 0 atom stereocenters. The molecular weight excluding hydrogens is 270 g/mol. The maximum Gasteiger partial charge on any atom is 0.294 e. The van der Waals surface area contributed by atoms with Gasteiger partial charge in [0.05, 0.1) is 4.47 Å². The summed E-state index contributed by atoms with van der Waals surface area (Å²) in [6.07, 6.45) is 1.48. The minimum atomic E-state index is -0.655. The van der Waals surface area contributed by atoms with Crippen LogP contribution < -0.4 is 5.48 Å². The Kier molecular flexibility index (Phi) is 4.30. The molecule has 0 radical (unpaired) electrons. The molecule has 7 heteroatoms. The molecule has 1 amide bonds. The van der Waals surface area contributed by atoms with E-state index in [4.69, 9.17) is 5.21 Å². The van der Waals surface area contributed by atoms with Crippen LogP contribution in [0.3, 0.4) is 0 Å². The predicted molar refractivity (Wildman–Crippen MR) is 55.4 cm³/mol. The molecule has 0 aromatic carbocycles. The molecule has 0 aliphatic carbocycles. The van der Waals surface area contributed by atoms with E-state index in [1.54, 1.807) is 0 Å². The van der Waals surface area contributed by atoms with Crippen LogP contribution in [0.1, 0.15) is 17.4 Å². The maximum atomic E-state index is 11.1. The lowest BCUT2D eigenvalue weighted by atomic mass is 10.4. The first kappa shape index (κ1) is 11.4.